The molecule has 2 saturated heterocycles. The molecule has 6 heterocycles. The molecule has 1 N–H and O–H groups in total. The smallest absolute Gasteiger partial charge is 0.278 e. The van der Waals surface area contributed by atoms with Crippen LogP contribution >= 0.6 is 11.3 Å². The van der Waals surface area contributed by atoms with Crippen molar-refractivity contribution in [3.05, 3.63) is 82.1 Å². The van der Waals surface area contributed by atoms with Gasteiger partial charge in [0, 0.05) is 56.2 Å². The maximum atomic E-state index is 13.9. The van der Waals surface area contributed by atoms with Crippen molar-refractivity contribution in [1.82, 2.24) is 28.1 Å². The molecule has 2 aliphatic heterocycles. The zero-order chi connectivity index (χ0) is 34.7. The van der Waals surface area contributed by atoms with Gasteiger partial charge in [-0.05, 0) is 82.1 Å². The number of aromatic nitrogens is 4. The molecule has 2 fully saturated rings. The van der Waals surface area contributed by atoms with E-state index in [1.807, 2.05) is 30.5 Å². The standard InChI is InChI=1S/C36H40N8O4S2/c1-23-5-8-27(9-6-23)50(46,47)43-19-14-28-33(43)39-36(44-34(28)37-30-15-20-49-32(30)35(44)45)38-29-10-7-25(21-31(29)48-4)41-16-11-24(12-17-41)42-18-13-26(22-42)40(2)3/h5-10,14-15,19-21,24,26H,11-13,16-18,22H2,1-4H3,(H,38,39)/t26-/m1/s1. The van der Waals surface area contributed by atoms with Crippen LogP contribution in [0.25, 0.3) is 26.9 Å². The molecule has 0 unspecified atom stereocenters. The van der Waals surface area contributed by atoms with E-state index in [-0.39, 0.29) is 22.1 Å². The Labute approximate surface area is 294 Å². The molecule has 0 aliphatic carbocycles. The van der Waals surface area contributed by atoms with Crippen molar-refractivity contribution in [2.24, 2.45) is 0 Å². The van der Waals surface area contributed by atoms with Crippen LogP contribution in [0.1, 0.15) is 24.8 Å². The predicted molar refractivity (Wildman–Crippen MR) is 199 cm³/mol. The molecule has 0 radical (unpaired) electrons. The van der Waals surface area contributed by atoms with Gasteiger partial charge in [-0.2, -0.15) is 4.98 Å². The maximum Gasteiger partial charge on any atom is 0.278 e. The summed E-state index contributed by atoms with van der Waals surface area (Å²) in [7, 11) is 1.95. The largest absolute Gasteiger partial charge is 0.494 e. The highest BCUT2D eigenvalue weighted by Crippen LogP contribution is 2.35. The Bertz CT molecular complexity index is 2390. The van der Waals surface area contributed by atoms with Gasteiger partial charge in [-0.1, -0.05) is 17.7 Å². The fraction of sp³-hybridized carbons (Fsp3) is 0.361. The Morgan fingerprint density at radius 2 is 1.74 bits per heavy atom. The first kappa shape index (κ1) is 32.7. The fourth-order valence-corrected chi connectivity index (χ4v) is 9.40. The van der Waals surface area contributed by atoms with Gasteiger partial charge in [0.2, 0.25) is 5.95 Å². The van der Waals surface area contributed by atoms with Crippen molar-refractivity contribution >= 4 is 65.6 Å². The van der Waals surface area contributed by atoms with Crippen molar-refractivity contribution in [3.8, 4) is 5.75 Å². The summed E-state index contributed by atoms with van der Waals surface area (Å²) >= 11 is 1.30. The van der Waals surface area contributed by atoms with Gasteiger partial charge in [-0.15, -0.1) is 11.3 Å². The SMILES string of the molecule is COc1cc(N2CCC(N3CC[C@@H](N(C)C)C3)CC2)ccc1Nc1nc2c(ccn2S(=O)(=O)c2ccc(C)cc2)c2nc3ccsc3c(=O)n12. The Kier molecular flexibility index (Phi) is 8.29. The van der Waals surface area contributed by atoms with E-state index < -0.39 is 10.0 Å². The monoisotopic (exact) mass is 712 g/mol. The van der Waals surface area contributed by atoms with E-state index in [2.05, 4.69) is 34.1 Å². The first-order valence-corrected chi connectivity index (χ1v) is 19.2. The second kappa shape index (κ2) is 12.7. The Morgan fingerprint density at radius 3 is 2.46 bits per heavy atom. The number of hydrogen-bond donors (Lipinski definition) is 1. The zero-order valence-corrected chi connectivity index (χ0v) is 30.2. The number of methoxy groups -OCH3 is 1. The lowest BCUT2D eigenvalue weighted by Gasteiger charge is -2.38. The molecule has 2 aliphatic rings. The van der Waals surface area contributed by atoms with Crippen molar-refractivity contribution in [3.63, 3.8) is 0 Å². The van der Waals surface area contributed by atoms with Gasteiger partial charge in [0.25, 0.3) is 15.6 Å². The summed E-state index contributed by atoms with van der Waals surface area (Å²) in [6, 6.07) is 17.3. The molecule has 4 aromatic heterocycles. The van der Waals surface area contributed by atoms with Crippen LogP contribution in [0.5, 0.6) is 5.75 Å². The van der Waals surface area contributed by atoms with Crippen molar-refractivity contribution in [1.29, 1.82) is 0 Å². The van der Waals surface area contributed by atoms with Gasteiger partial charge in [-0.25, -0.2) is 21.8 Å². The minimum atomic E-state index is -4.01. The van der Waals surface area contributed by atoms with Crippen LogP contribution < -0.4 is 20.5 Å². The predicted octanol–water partition coefficient (Wildman–Crippen LogP) is 5.16. The molecule has 0 spiro atoms. The van der Waals surface area contributed by atoms with E-state index >= 15 is 0 Å². The normalized spacial score (nSPS) is 17.9. The van der Waals surface area contributed by atoms with Crippen LogP contribution in [0, 0.1) is 6.92 Å². The first-order valence-electron chi connectivity index (χ1n) is 16.9. The number of fused-ring (bicyclic) bond motifs is 4. The summed E-state index contributed by atoms with van der Waals surface area (Å²) in [5.74, 6) is 0.710. The number of rotatable bonds is 8. The third kappa shape index (κ3) is 5.60. The van der Waals surface area contributed by atoms with E-state index in [4.69, 9.17) is 14.7 Å². The number of nitrogens with zero attached hydrogens (tertiary/aromatic N) is 7. The zero-order valence-electron chi connectivity index (χ0n) is 28.5. The minimum absolute atomic E-state index is 0.132. The molecule has 0 saturated carbocycles. The van der Waals surface area contributed by atoms with Gasteiger partial charge in [0.1, 0.15) is 10.4 Å². The highest BCUT2D eigenvalue weighted by Gasteiger charge is 2.32. The van der Waals surface area contributed by atoms with Gasteiger partial charge < -0.3 is 19.9 Å². The number of anilines is 3. The third-order valence-corrected chi connectivity index (χ3v) is 12.8. The molecular weight excluding hydrogens is 673 g/mol. The van der Waals surface area contributed by atoms with E-state index in [0.717, 1.165) is 54.2 Å². The molecular formula is C36H40N8O4S2. The van der Waals surface area contributed by atoms with Gasteiger partial charge in [0.05, 0.1) is 28.6 Å². The summed E-state index contributed by atoms with van der Waals surface area (Å²) in [6.07, 6.45) is 4.90. The number of piperidine rings is 1. The van der Waals surface area contributed by atoms with Crippen LogP contribution in [-0.4, -0.2) is 96.0 Å². The lowest BCUT2D eigenvalue weighted by atomic mass is 10.0. The summed E-state index contributed by atoms with van der Waals surface area (Å²) < 4.78 is 36.7. The third-order valence-electron chi connectivity index (χ3n) is 10.3. The molecule has 1 atom stereocenters. The number of aryl methyl sites for hydroxylation is 1. The number of hydrogen-bond acceptors (Lipinski definition) is 11. The Hall–Kier alpha value is -4.50. The van der Waals surface area contributed by atoms with Gasteiger partial charge in [-0.3, -0.25) is 9.69 Å². The maximum absolute atomic E-state index is 13.9. The summed E-state index contributed by atoms with van der Waals surface area (Å²) in [6.45, 7) is 6.11. The molecule has 2 aromatic carbocycles. The second-order valence-electron chi connectivity index (χ2n) is 13.4. The number of nitrogens with one attached hydrogen (secondary N) is 1. The fourth-order valence-electron chi connectivity index (χ4n) is 7.34. The average Bonchev–Trinajstić information content (AvgIpc) is 3.89. The quantitative estimate of drug-likeness (QED) is 0.227. The summed E-state index contributed by atoms with van der Waals surface area (Å²) in [5.41, 5.74) is 3.31. The number of likely N-dealkylation sites (tertiary alicyclic amines) is 1. The van der Waals surface area contributed by atoms with E-state index in [1.54, 1.807) is 43.5 Å². The van der Waals surface area contributed by atoms with Crippen LogP contribution in [0.15, 0.2) is 75.9 Å². The minimum Gasteiger partial charge on any atom is -0.494 e. The molecule has 6 aromatic rings. The van der Waals surface area contributed by atoms with Crippen molar-refractivity contribution in [2.75, 3.05) is 57.6 Å². The highest BCUT2D eigenvalue weighted by molar-refractivity contribution is 7.90. The Morgan fingerprint density at radius 1 is 0.960 bits per heavy atom. The van der Waals surface area contributed by atoms with E-state index in [1.165, 1.54) is 28.4 Å². The summed E-state index contributed by atoms with van der Waals surface area (Å²) in [4.78, 5) is 31.1. The number of likely N-dealkylation sites (N-methyl/N-ethyl adjacent to an activating group) is 1. The topological polar surface area (TPSA) is 117 Å². The molecule has 8 rings (SSSR count). The highest BCUT2D eigenvalue weighted by atomic mass is 32.2. The van der Waals surface area contributed by atoms with Crippen molar-refractivity contribution < 1.29 is 13.2 Å². The van der Waals surface area contributed by atoms with Crippen LogP contribution in [0.4, 0.5) is 17.3 Å². The number of thiophene rings is 1. The van der Waals surface area contributed by atoms with Crippen LogP contribution in [0.2, 0.25) is 0 Å². The molecule has 0 bridgehead atoms. The molecule has 0 amide bonds. The number of benzene rings is 2. The molecule has 50 heavy (non-hydrogen) atoms. The van der Waals surface area contributed by atoms with Crippen LogP contribution in [0.3, 0.4) is 0 Å². The lowest BCUT2D eigenvalue weighted by Crippen LogP contribution is -2.45. The van der Waals surface area contributed by atoms with E-state index in [9.17, 15) is 13.2 Å². The Balaban J connectivity index is 1.15. The van der Waals surface area contributed by atoms with Gasteiger partial charge >= 0.3 is 0 Å². The molecule has 14 heteroatoms. The second-order valence-corrected chi connectivity index (χ2v) is 16.2. The molecule has 260 valence electrons. The first-order chi connectivity index (χ1) is 24.1. The number of ether oxygens (including phenoxy) is 1. The van der Waals surface area contributed by atoms with E-state index in [0.29, 0.717) is 44.8 Å². The summed E-state index contributed by atoms with van der Waals surface area (Å²) in [5, 5.41) is 5.57. The average molecular weight is 713 g/mol. The van der Waals surface area contributed by atoms with Crippen molar-refractivity contribution in [2.45, 2.75) is 43.2 Å². The molecule has 12 nitrogen and oxygen atoms in total. The van der Waals surface area contributed by atoms with Gasteiger partial charge in [0.15, 0.2) is 11.3 Å². The van der Waals surface area contributed by atoms with Crippen LogP contribution in [-0.2, 0) is 10.0 Å². The lowest BCUT2D eigenvalue weighted by molar-refractivity contribution is 0.189.